The van der Waals surface area contributed by atoms with E-state index in [1.807, 2.05) is 0 Å². The average Bonchev–Trinajstić information content (AvgIpc) is 3.23. The van der Waals surface area contributed by atoms with Crippen LogP contribution >= 0.6 is 0 Å². The number of carbonyl (C=O) groups excluding carboxylic acids is 2. The van der Waals surface area contributed by atoms with Crippen molar-refractivity contribution in [2.45, 2.75) is 17.7 Å². The van der Waals surface area contributed by atoms with E-state index in [-0.39, 0.29) is 27.5 Å². The van der Waals surface area contributed by atoms with E-state index in [1.165, 1.54) is 35.7 Å². The summed E-state index contributed by atoms with van der Waals surface area (Å²) >= 11 is 0. The second kappa shape index (κ2) is 7.99. The van der Waals surface area contributed by atoms with E-state index in [4.69, 9.17) is 10.5 Å². The van der Waals surface area contributed by atoms with Gasteiger partial charge in [-0.2, -0.15) is 4.31 Å². The molecular formula is C19H21N3O5S. The third-order valence-corrected chi connectivity index (χ3v) is 6.47. The fraction of sp³-hybridized carbons (Fsp3) is 0.263. The Bertz CT molecular complexity index is 1010. The number of anilines is 1. The second-order valence-electron chi connectivity index (χ2n) is 6.34. The zero-order chi connectivity index (χ0) is 20.3. The van der Waals surface area contributed by atoms with Gasteiger partial charge >= 0.3 is 0 Å². The monoisotopic (exact) mass is 403 g/mol. The summed E-state index contributed by atoms with van der Waals surface area (Å²) in [4.78, 5) is 24.1. The number of rotatable bonds is 6. The maximum Gasteiger partial charge on any atom is 0.255 e. The first-order chi connectivity index (χ1) is 13.3. The molecule has 3 rings (SSSR count). The molecule has 0 spiro atoms. The minimum absolute atomic E-state index is 0.0623. The van der Waals surface area contributed by atoms with Crippen LogP contribution in [0.1, 0.15) is 33.6 Å². The summed E-state index contributed by atoms with van der Waals surface area (Å²) in [5, 5.41) is 2.60. The van der Waals surface area contributed by atoms with Crippen LogP contribution in [0.2, 0.25) is 0 Å². The topological polar surface area (TPSA) is 119 Å². The van der Waals surface area contributed by atoms with E-state index in [9.17, 15) is 18.0 Å². The molecule has 0 aliphatic carbocycles. The Kier molecular flexibility index (Phi) is 5.66. The van der Waals surface area contributed by atoms with Crippen LogP contribution in [0.5, 0.6) is 5.75 Å². The first-order valence-electron chi connectivity index (χ1n) is 8.73. The Morgan fingerprint density at radius 2 is 1.79 bits per heavy atom. The number of nitrogens with zero attached hydrogens (tertiary/aromatic N) is 1. The van der Waals surface area contributed by atoms with Gasteiger partial charge in [0, 0.05) is 18.7 Å². The van der Waals surface area contributed by atoms with E-state index in [0.717, 1.165) is 12.8 Å². The Balaban J connectivity index is 1.95. The Hall–Kier alpha value is -2.91. The Morgan fingerprint density at radius 3 is 2.43 bits per heavy atom. The molecule has 9 heteroatoms. The van der Waals surface area contributed by atoms with E-state index < -0.39 is 21.8 Å². The van der Waals surface area contributed by atoms with Gasteiger partial charge in [-0.25, -0.2) is 8.42 Å². The molecule has 0 bridgehead atoms. The van der Waals surface area contributed by atoms with Crippen molar-refractivity contribution in [3.05, 3.63) is 53.6 Å². The number of benzene rings is 2. The lowest BCUT2D eigenvalue weighted by Crippen LogP contribution is -2.28. The van der Waals surface area contributed by atoms with Crippen molar-refractivity contribution in [3.63, 3.8) is 0 Å². The third kappa shape index (κ3) is 3.85. The van der Waals surface area contributed by atoms with Crippen LogP contribution in [0.4, 0.5) is 5.69 Å². The number of hydrogen-bond donors (Lipinski definition) is 2. The van der Waals surface area contributed by atoms with Gasteiger partial charge in [-0.15, -0.1) is 0 Å². The molecule has 1 aliphatic heterocycles. The molecule has 0 aromatic heterocycles. The largest absolute Gasteiger partial charge is 0.495 e. The van der Waals surface area contributed by atoms with Crippen LogP contribution in [-0.4, -0.2) is 44.7 Å². The molecule has 8 nitrogen and oxygen atoms in total. The zero-order valence-corrected chi connectivity index (χ0v) is 16.2. The van der Waals surface area contributed by atoms with Crippen LogP contribution < -0.4 is 15.8 Å². The standard InChI is InChI=1S/C19H21N3O5S/c1-27-16-9-8-13(12-17(16)28(25,26)22-10-4-5-11-22)19(24)21-15-7-3-2-6-14(15)18(20)23/h2-3,6-9,12H,4-5,10-11H2,1H3,(H2,20,23)(H,21,24). The highest BCUT2D eigenvalue weighted by Gasteiger charge is 2.30. The molecule has 148 valence electrons. The van der Waals surface area contributed by atoms with Gasteiger partial charge in [0.15, 0.2) is 0 Å². The van der Waals surface area contributed by atoms with Crippen LogP contribution in [0.25, 0.3) is 0 Å². The highest BCUT2D eigenvalue weighted by molar-refractivity contribution is 7.89. The van der Waals surface area contributed by atoms with Crippen molar-refractivity contribution in [1.82, 2.24) is 4.31 Å². The lowest BCUT2D eigenvalue weighted by molar-refractivity contribution is 0.100. The van der Waals surface area contributed by atoms with E-state index in [1.54, 1.807) is 18.2 Å². The SMILES string of the molecule is COc1ccc(C(=O)Nc2ccccc2C(N)=O)cc1S(=O)(=O)N1CCCC1. The van der Waals surface area contributed by atoms with Gasteiger partial charge in [0.05, 0.1) is 18.4 Å². The number of ether oxygens (including phenoxy) is 1. The minimum atomic E-state index is -3.78. The molecule has 1 fully saturated rings. The third-order valence-electron chi connectivity index (χ3n) is 4.55. The van der Waals surface area contributed by atoms with Crippen molar-refractivity contribution in [2.24, 2.45) is 5.73 Å². The summed E-state index contributed by atoms with van der Waals surface area (Å²) in [7, 11) is -2.40. The number of nitrogens with one attached hydrogen (secondary N) is 1. The number of hydrogen-bond acceptors (Lipinski definition) is 5. The summed E-state index contributed by atoms with van der Waals surface area (Å²) in [5.41, 5.74) is 5.86. The molecule has 1 saturated heterocycles. The maximum atomic E-state index is 12.9. The summed E-state index contributed by atoms with van der Waals surface area (Å²) in [6, 6.07) is 10.5. The highest BCUT2D eigenvalue weighted by atomic mass is 32.2. The number of primary amides is 1. The lowest BCUT2D eigenvalue weighted by atomic mass is 10.1. The molecular weight excluding hydrogens is 382 g/mol. The van der Waals surface area contributed by atoms with E-state index in [0.29, 0.717) is 13.1 Å². The molecule has 3 N–H and O–H groups in total. The summed E-state index contributed by atoms with van der Waals surface area (Å²) < 4.78 is 32.5. The van der Waals surface area contributed by atoms with Crippen molar-refractivity contribution in [3.8, 4) is 5.75 Å². The van der Waals surface area contributed by atoms with Crippen molar-refractivity contribution < 1.29 is 22.7 Å². The second-order valence-corrected chi connectivity index (χ2v) is 8.25. The van der Waals surface area contributed by atoms with Gasteiger partial charge in [-0.3, -0.25) is 9.59 Å². The van der Waals surface area contributed by atoms with Crippen molar-refractivity contribution >= 4 is 27.5 Å². The molecule has 2 amide bonds. The first kappa shape index (κ1) is 19.8. The fourth-order valence-electron chi connectivity index (χ4n) is 3.09. The van der Waals surface area contributed by atoms with Gasteiger partial charge in [0.1, 0.15) is 10.6 Å². The number of nitrogens with two attached hydrogens (primary N) is 1. The fourth-order valence-corrected chi connectivity index (χ4v) is 4.79. The van der Waals surface area contributed by atoms with Crippen molar-refractivity contribution in [2.75, 3.05) is 25.5 Å². The molecule has 0 unspecified atom stereocenters. The lowest BCUT2D eigenvalue weighted by Gasteiger charge is -2.18. The van der Waals surface area contributed by atoms with Gasteiger partial charge in [0.2, 0.25) is 10.0 Å². The van der Waals surface area contributed by atoms with Crippen LogP contribution in [0, 0.1) is 0 Å². The molecule has 0 saturated carbocycles. The number of sulfonamides is 1. The van der Waals surface area contributed by atoms with Gasteiger partial charge in [-0.05, 0) is 43.2 Å². The number of para-hydroxylation sites is 1. The van der Waals surface area contributed by atoms with Crippen LogP contribution in [-0.2, 0) is 10.0 Å². The predicted octanol–water partition coefficient (Wildman–Crippen LogP) is 1.83. The Labute approximate surface area is 163 Å². The quantitative estimate of drug-likeness (QED) is 0.763. The zero-order valence-electron chi connectivity index (χ0n) is 15.3. The van der Waals surface area contributed by atoms with Gasteiger partial charge in [0.25, 0.3) is 11.8 Å². The first-order valence-corrected chi connectivity index (χ1v) is 10.2. The van der Waals surface area contributed by atoms with Gasteiger partial charge in [-0.1, -0.05) is 12.1 Å². The molecule has 2 aromatic carbocycles. The highest BCUT2D eigenvalue weighted by Crippen LogP contribution is 2.30. The van der Waals surface area contributed by atoms with E-state index >= 15 is 0 Å². The molecule has 1 heterocycles. The summed E-state index contributed by atoms with van der Waals surface area (Å²) in [6.07, 6.45) is 1.59. The van der Waals surface area contributed by atoms with Crippen molar-refractivity contribution in [1.29, 1.82) is 0 Å². The number of carbonyl (C=O) groups is 2. The summed E-state index contributed by atoms with van der Waals surface area (Å²) in [6.45, 7) is 0.877. The minimum Gasteiger partial charge on any atom is -0.495 e. The van der Waals surface area contributed by atoms with Crippen LogP contribution in [0.15, 0.2) is 47.4 Å². The van der Waals surface area contributed by atoms with Gasteiger partial charge < -0.3 is 15.8 Å². The number of amides is 2. The summed E-state index contributed by atoms with van der Waals surface area (Å²) in [5.74, 6) is -1.07. The normalized spacial score (nSPS) is 14.6. The molecule has 0 atom stereocenters. The van der Waals surface area contributed by atoms with E-state index in [2.05, 4.69) is 5.32 Å². The molecule has 2 aromatic rings. The smallest absolute Gasteiger partial charge is 0.255 e. The molecule has 28 heavy (non-hydrogen) atoms. The predicted molar refractivity (Wildman–Crippen MR) is 104 cm³/mol. The van der Waals surface area contributed by atoms with Crippen LogP contribution in [0.3, 0.4) is 0 Å². The Morgan fingerprint density at radius 1 is 1.11 bits per heavy atom. The molecule has 0 radical (unpaired) electrons. The maximum absolute atomic E-state index is 12.9. The average molecular weight is 403 g/mol. The molecule has 1 aliphatic rings. The number of methoxy groups -OCH3 is 1.